The van der Waals surface area contributed by atoms with Crippen molar-refractivity contribution in [2.45, 2.75) is 198 Å². The van der Waals surface area contributed by atoms with Gasteiger partial charge in [0.15, 0.2) is 0 Å². The third-order valence-corrected chi connectivity index (χ3v) is 11.7. The number of unbranched alkanes of at least 4 members (excludes halogenated alkanes) is 11. The topological polar surface area (TPSA) is 289 Å². The average Bonchev–Trinajstić information content (AvgIpc) is 3.23. The Hall–Kier alpha value is -5.06. The number of amides is 7. The van der Waals surface area contributed by atoms with Crippen LogP contribution < -0.4 is 38.1 Å². The SMILES string of the molecule is CC(C)C[C@H](NC(=O)[C@@H](NC(=O)CCCCCCCCCCCCCCC(=O)N[C@@H](CC(N)=O)C(=O)N[C@@H](Cc1ccccc1)C(=O)O)C(C)O)C(=O)N[C@H](C(N)=O)C1CCCCC1. The fourth-order valence-electron chi connectivity index (χ4n) is 8.10. The standard InChI is InChI=1S/C47H77N7O10/c1-31(2)28-35(45(61)54-42(43(49)59)34-24-18-15-19-25-34)51-46(62)41(32(3)55)53-40(58)27-21-13-11-9-7-5-4-6-8-10-12-20-26-39(57)50-36(30-38(48)56)44(60)52-37(47(63)64)29-33-22-16-14-17-23-33/h14,16-17,22-23,31-32,34-37,41-42,55H,4-13,15,18-21,24-30H2,1-3H3,(H2,48,56)(H2,49,59)(H,50,57)(H,51,62)(H,52,60)(H,53,58)(H,54,61)(H,63,64)/t32?,35-,36-,37-,41-,42-/m0/s1. The second-order valence-electron chi connectivity index (χ2n) is 17.9. The summed E-state index contributed by atoms with van der Waals surface area (Å²) in [6.07, 6.45) is 14.8. The maximum Gasteiger partial charge on any atom is 0.326 e. The van der Waals surface area contributed by atoms with E-state index >= 15 is 0 Å². The molecule has 11 N–H and O–H groups in total. The lowest BCUT2D eigenvalue weighted by Gasteiger charge is -2.31. The molecule has 0 spiro atoms. The Morgan fingerprint density at radius 2 is 1.09 bits per heavy atom. The van der Waals surface area contributed by atoms with Gasteiger partial charge in [0.1, 0.15) is 30.2 Å². The van der Waals surface area contributed by atoms with Crippen LogP contribution in [0.3, 0.4) is 0 Å². The second-order valence-corrected chi connectivity index (χ2v) is 17.9. The van der Waals surface area contributed by atoms with Gasteiger partial charge in [0.2, 0.25) is 41.4 Å². The van der Waals surface area contributed by atoms with Crippen molar-refractivity contribution in [3.63, 3.8) is 0 Å². The zero-order valence-electron chi connectivity index (χ0n) is 38.4. The van der Waals surface area contributed by atoms with Crippen molar-refractivity contribution < 1.29 is 48.6 Å². The predicted molar refractivity (Wildman–Crippen MR) is 243 cm³/mol. The van der Waals surface area contributed by atoms with Crippen molar-refractivity contribution >= 4 is 47.3 Å². The molecule has 0 radical (unpaired) electrons. The molecule has 1 aliphatic rings. The summed E-state index contributed by atoms with van der Waals surface area (Å²) < 4.78 is 0. The van der Waals surface area contributed by atoms with Crippen molar-refractivity contribution in [3.05, 3.63) is 35.9 Å². The van der Waals surface area contributed by atoms with Crippen LogP contribution in [0.15, 0.2) is 30.3 Å². The molecule has 1 aromatic rings. The van der Waals surface area contributed by atoms with Crippen LogP contribution in [0.1, 0.15) is 161 Å². The Kier molecular flexibility index (Phi) is 26.6. The maximum atomic E-state index is 13.4. The van der Waals surface area contributed by atoms with Crippen LogP contribution in [0.25, 0.3) is 0 Å². The molecule has 360 valence electrons. The lowest BCUT2D eigenvalue weighted by molar-refractivity contribution is -0.142. The van der Waals surface area contributed by atoms with Crippen LogP contribution in [-0.2, 0) is 44.8 Å². The number of rotatable bonds is 33. The van der Waals surface area contributed by atoms with E-state index in [-0.39, 0.29) is 37.0 Å². The Balaban J connectivity index is 1.61. The molecule has 6 atom stereocenters. The number of carboxylic acids is 1. The molecule has 0 aliphatic heterocycles. The van der Waals surface area contributed by atoms with Gasteiger partial charge in [0.25, 0.3) is 0 Å². The van der Waals surface area contributed by atoms with Gasteiger partial charge in [0, 0.05) is 19.3 Å². The van der Waals surface area contributed by atoms with Crippen LogP contribution in [-0.4, -0.2) is 93.8 Å². The Morgan fingerprint density at radius 3 is 1.56 bits per heavy atom. The number of carbonyl (C=O) groups is 8. The molecule has 0 bridgehead atoms. The molecule has 2 rings (SSSR count). The van der Waals surface area contributed by atoms with Crippen molar-refractivity contribution in [1.82, 2.24) is 26.6 Å². The maximum absolute atomic E-state index is 13.4. The quantitative estimate of drug-likeness (QED) is 0.0463. The summed E-state index contributed by atoms with van der Waals surface area (Å²) in [4.78, 5) is 101. The van der Waals surface area contributed by atoms with E-state index in [9.17, 15) is 48.6 Å². The molecule has 0 heterocycles. The smallest absolute Gasteiger partial charge is 0.326 e. The average molecular weight is 900 g/mol. The van der Waals surface area contributed by atoms with E-state index in [1.807, 2.05) is 13.8 Å². The van der Waals surface area contributed by atoms with E-state index in [1.165, 1.54) is 6.92 Å². The number of primary amides is 2. The van der Waals surface area contributed by atoms with E-state index in [2.05, 4.69) is 26.6 Å². The number of aliphatic hydroxyl groups excluding tert-OH is 1. The van der Waals surface area contributed by atoms with Gasteiger partial charge in [-0.1, -0.05) is 128 Å². The van der Waals surface area contributed by atoms with E-state index in [0.29, 0.717) is 24.8 Å². The minimum Gasteiger partial charge on any atom is -0.480 e. The van der Waals surface area contributed by atoms with Crippen LogP contribution >= 0.6 is 0 Å². The van der Waals surface area contributed by atoms with Crippen molar-refractivity contribution in [1.29, 1.82) is 0 Å². The van der Waals surface area contributed by atoms with Crippen molar-refractivity contribution in [3.8, 4) is 0 Å². The summed E-state index contributed by atoms with van der Waals surface area (Å²) in [5.41, 5.74) is 11.7. The summed E-state index contributed by atoms with van der Waals surface area (Å²) in [5.74, 6) is -5.42. The summed E-state index contributed by atoms with van der Waals surface area (Å²) in [5, 5.41) is 33.1. The van der Waals surface area contributed by atoms with Crippen LogP contribution in [0.5, 0.6) is 0 Å². The number of benzene rings is 1. The second kappa shape index (κ2) is 30.9. The number of aliphatic hydroxyl groups is 1. The van der Waals surface area contributed by atoms with Crippen LogP contribution in [0.4, 0.5) is 0 Å². The molecule has 1 unspecified atom stereocenters. The largest absolute Gasteiger partial charge is 0.480 e. The fourth-order valence-corrected chi connectivity index (χ4v) is 8.10. The first-order valence-corrected chi connectivity index (χ1v) is 23.5. The Bertz CT molecular complexity index is 1620. The van der Waals surface area contributed by atoms with Gasteiger partial charge in [-0.05, 0) is 56.4 Å². The van der Waals surface area contributed by atoms with Gasteiger partial charge in [-0.3, -0.25) is 33.6 Å². The first-order valence-electron chi connectivity index (χ1n) is 23.5. The number of hydrogen-bond acceptors (Lipinski definition) is 9. The minimum atomic E-state index is -1.27. The molecule has 1 saturated carbocycles. The monoisotopic (exact) mass is 900 g/mol. The first kappa shape index (κ1) is 55.1. The van der Waals surface area contributed by atoms with E-state index in [1.54, 1.807) is 30.3 Å². The van der Waals surface area contributed by atoms with Gasteiger partial charge < -0.3 is 48.3 Å². The lowest BCUT2D eigenvalue weighted by atomic mass is 9.83. The van der Waals surface area contributed by atoms with Crippen LogP contribution in [0.2, 0.25) is 0 Å². The molecular weight excluding hydrogens is 823 g/mol. The molecular formula is C47H77N7O10. The third-order valence-electron chi connectivity index (χ3n) is 11.7. The predicted octanol–water partition coefficient (Wildman–Crippen LogP) is 3.57. The minimum absolute atomic E-state index is 0.0286. The summed E-state index contributed by atoms with van der Waals surface area (Å²) in [6, 6.07) is 3.21. The van der Waals surface area contributed by atoms with Gasteiger partial charge in [-0.25, -0.2) is 4.79 Å². The highest BCUT2D eigenvalue weighted by Gasteiger charge is 2.34. The third kappa shape index (κ3) is 23.0. The Labute approximate surface area is 379 Å². The van der Waals surface area contributed by atoms with E-state index in [0.717, 1.165) is 96.3 Å². The molecule has 1 aromatic carbocycles. The highest BCUT2D eigenvalue weighted by atomic mass is 16.4. The summed E-state index contributed by atoms with van der Waals surface area (Å²) >= 11 is 0. The number of hydrogen-bond donors (Lipinski definition) is 9. The fraction of sp³-hybridized carbons (Fsp3) is 0.702. The number of carbonyl (C=O) groups excluding carboxylic acids is 7. The zero-order chi connectivity index (χ0) is 47.4. The highest BCUT2D eigenvalue weighted by molar-refractivity contribution is 5.95. The van der Waals surface area contributed by atoms with Gasteiger partial charge in [-0.15, -0.1) is 0 Å². The zero-order valence-corrected chi connectivity index (χ0v) is 38.4. The normalized spacial score (nSPS) is 15.7. The summed E-state index contributed by atoms with van der Waals surface area (Å²) in [7, 11) is 0. The number of carboxylic acid groups (broad SMARTS) is 1. The van der Waals surface area contributed by atoms with Crippen molar-refractivity contribution in [2.75, 3.05) is 0 Å². The first-order chi connectivity index (χ1) is 30.5. The molecule has 1 fully saturated rings. The number of nitrogens with one attached hydrogen (secondary N) is 5. The molecule has 17 heteroatoms. The Morgan fingerprint density at radius 1 is 0.609 bits per heavy atom. The van der Waals surface area contributed by atoms with Gasteiger partial charge in [0.05, 0.1) is 12.5 Å². The molecule has 0 saturated heterocycles. The van der Waals surface area contributed by atoms with Crippen molar-refractivity contribution in [2.24, 2.45) is 23.3 Å². The number of nitrogens with two attached hydrogens (primary N) is 2. The van der Waals surface area contributed by atoms with Gasteiger partial charge >= 0.3 is 5.97 Å². The molecule has 17 nitrogen and oxygen atoms in total. The lowest BCUT2D eigenvalue weighted by Crippen LogP contribution is -2.59. The van der Waals surface area contributed by atoms with E-state index < -0.39 is 84.1 Å². The molecule has 0 aromatic heterocycles. The molecule has 7 amide bonds. The highest BCUT2D eigenvalue weighted by Crippen LogP contribution is 2.26. The van der Waals surface area contributed by atoms with Crippen LogP contribution in [0, 0.1) is 11.8 Å². The van der Waals surface area contributed by atoms with Gasteiger partial charge in [-0.2, -0.15) is 0 Å². The number of aliphatic carboxylic acids is 1. The molecule has 64 heavy (non-hydrogen) atoms. The van der Waals surface area contributed by atoms with E-state index in [4.69, 9.17) is 11.5 Å². The summed E-state index contributed by atoms with van der Waals surface area (Å²) in [6.45, 7) is 5.22. The molecule has 1 aliphatic carbocycles.